The number of aromatic amines is 2. The molecule has 1 aliphatic rings. The highest BCUT2D eigenvalue weighted by Crippen LogP contribution is 2.32. The number of nitrogens with one attached hydrogen (secondary N) is 2. The van der Waals surface area contributed by atoms with Crippen LogP contribution in [0.1, 0.15) is 17.8 Å². The maximum atomic E-state index is 11.3. The number of hydrogen-bond donors (Lipinski definition) is 3. The minimum atomic E-state index is -0.184. The third-order valence-corrected chi connectivity index (χ3v) is 3.91. The van der Waals surface area contributed by atoms with E-state index >= 15 is 0 Å². The standard InChI is InChI=1S/C14H15N5O/c15-7-11-13(12-2-1-5-19(12)18-11)8-3-4-9-10(6-8)17-14(20)16-9/h3-4,6H,1-2,5,7,15H2,(H2,16,17,20). The van der Waals surface area contributed by atoms with Crippen LogP contribution in [-0.4, -0.2) is 19.7 Å². The predicted molar refractivity (Wildman–Crippen MR) is 76.4 cm³/mol. The van der Waals surface area contributed by atoms with E-state index in [4.69, 9.17) is 5.73 Å². The second kappa shape index (κ2) is 4.08. The van der Waals surface area contributed by atoms with E-state index in [0.717, 1.165) is 47.2 Å². The zero-order valence-electron chi connectivity index (χ0n) is 10.9. The highest BCUT2D eigenvalue weighted by Gasteiger charge is 2.22. The van der Waals surface area contributed by atoms with Gasteiger partial charge in [-0.25, -0.2) is 4.79 Å². The Morgan fingerprint density at radius 1 is 1.30 bits per heavy atom. The number of nitrogens with two attached hydrogens (primary N) is 1. The summed E-state index contributed by atoms with van der Waals surface area (Å²) in [7, 11) is 0. The summed E-state index contributed by atoms with van der Waals surface area (Å²) >= 11 is 0. The van der Waals surface area contributed by atoms with Crippen molar-refractivity contribution in [1.29, 1.82) is 0 Å². The van der Waals surface area contributed by atoms with Crippen molar-refractivity contribution in [2.75, 3.05) is 0 Å². The minimum Gasteiger partial charge on any atom is -0.325 e. The Kier molecular flexibility index (Phi) is 2.34. The fourth-order valence-corrected chi connectivity index (χ4v) is 3.05. The average Bonchev–Trinajstić information content (AvgIpc) is 3.08. The zero-order valence-corrected chi connectivity index (χ0v) is 10.9. The molecule has 6 heteroatoms. The van der Waals surface area contributed by atoms with Gasteiger partial charge in [-0.1, -0.05) is 6.07 Å². The maximum Gasteiger partial charge on any atom is 0.323 e. The molecule has 102 valence electrons. The maximum absolute atomic E-state index is 11.3. The summed E-state index contributed by atoms with van der Waals surface area (Å²) in [6.45, 7) is 1.39. The number of imidazole rings is 1. The van der Waals surface area contributed by atoms with E-state index in [2.05, 4.69) is 19.7 Å². The van der Waals surface area contributed by atoms with Gasteiger partial charge in [-0.3, -0.25) is 4.68 Å². The first-order chi connectivity index (χ1) is 9.76. The molecule has 0 bridgehead atoms. The molecule has 20 heavy (non-hydrogen) atoms. The van der Waals surface area contributed by atoms with E-state index in [-0.39, 0.29) is 5.69 Å². The summed E-state index contributed by atoms with van der Waals surface area (Å²) in [6, 6.07) is 5.92. The van der Waals surface area contributed by atoms with Crippen molar-refractivity contribution in [3.05, 3.63) is 40.1 Å². The van der Waals surface area contributed by atoms with Gasteiger partial charge in [0.25, 0.3) is 0 Å². The molecule has 0 amide bonds. The van der Waals surface area contributed by atoms with Crippen molar-refractivity contribution < 1.29 is 0 Å². The van der Waals surface area contributed by atoms with Crippen LogP contribution in [-0.2, 0) is 19.5 Å². The van der Waals surface area contributed by atoms with Crippen LogP contribution in [0.4, 0.5) is 0 Å². The van der Waals surface area contributed by atoms with Crippen LogP contribution in [0.25, 0.3) is 22.2 Å². The van der Waals surface area contributed by atoms with Gasteiger partial charge in [0.1, 0.15) is 0 Å². The normalized spacial score (nSPS) is 14.1. The lowest BCUT2D eigenvalue weighted by molar-refractivity contribution is 0.644. The number of rotatable bonds is 2. The summed E-state index contributed by atoms with van der Waals surface area (Å²) in [6.07, 6.45) is 2.16. The van der Waals surface area contributed by atoms with Crippen LogP contribution < -0.4 is 11.4 Å². The molecular weight excluding hydrogens is 254 g/mol. The first-order valence-corrected chi connectivity index (χ1v) is 6.77. The highest BCUT2D eigenvalue weighted by atomic mass is 16.1. The average molecular weight is 269 g/mol. The van der Waals surface area contributed by atoms with E-state index in [9.17, 15) is 4.79 Å². The van der Waals surface area contributed by atoms with Crippen molar-refractivity contribution in [2.24, 2.45) is 5.73 Å². The fraction of sp³-hybridized carbons (Fsp3) is 0.286. The van der Waals surface area contributed by atoms with Crippen molar-refractivity contribution in [2.45, 2.75) is 25.9 Å². The number of nitrogens with zero attached hydrogens (tertiary/aromatic N) is 2. The number of aromatic nitrogens is 4. The van der Waals surface area contributed by atoms with E-state index in [1.807, 2.05) is 18.2 Å². The Morgan fingerprint density at radius 3 is 3.00 bits per heavy atom. The number of H-pyrrole nitrogens is 2. The Balaban J connectivity index is 1.96. The van der Waals surface area contributed by atoms with E-state index < -0.39 is 0 Å². The van der Waals surface area contributed by atoms with Gasteiger partial charge >= 0.3 is 5.69 Å². The number of benzene rings is 1. The fourth-order valence-electron chi connectivity index (χ4n) is 3.05. The monoisotopic (exact) mass is 269 g/mol. The summed E-state index contributed by atoms with van der Waals surface area (Å²) in [5.41, 5.74) is 11.7. The molecule has 0 saturated carbocycles. The Hall–Kier alpha value is -2.34. The van der Waals surface area contributed by atoms with Gasteiger partial charge in [-0.05, 0) is 30.5 Å². The van der Waals surface area contributed by atoms with Crippen LogP contribution in [0, 0.1) is 0 Å². The molecule has 4 N–H and O–H groups in total. The van der Waals surface area contributed by atoms with Crippen LogP contribution in [0.5, 0.6) is 0 Å². The lowest BCUT2D eigenvalue weighted by Gasteiger charge is -2.04. The molecule has 1 aromatic carbocycles. The molecule has 0 fully saturated rings. The third kappa shape index (κ3) is 1.55. The SMILES string of the molecule is NCc1nn2c(c1-c1ccc3[nH]c(=O)[nH]c3c1)CCC2. The van der Waals surface area contributed by atoms with E-state index in [0.29, 0.717) is 6.54 Å². The molecule has 0 spiro atoms. The number of fused-ring (bicyclic) bond motifs is 2. The lowest BCUT2D eigenvalue weighted by Crippen LogP contribution is -2.01. The summed E-state index contributed by atoms with van der Waals surface area (Å²) in [5, 5.41) is 4.58. The Morgan fingerprint density at radius 2 is 2.15 bits per heavy atom. The predicted octanol–water partition coefficient (Wildman–Crippen LogP) is 1.12. The molecular formula is C14H15N5O. The van der Waals surface area contributed by atoms with Crippen molar-refractivity contribution in [1.82, 2.24) is 19.7 Å². The van der Waals surface area contributed by atoms with Gasteiger partial charge in [-0.2, -0.15) is 5.10 Å². The molecule has 0 atom stereocenters. The smallest absolute Gasteiger partial charge is 0.323 e. The molecule has 6 nitrogen and oxygen atoms in total. The number of hydrogen-bond acceptors (Lipinski definition) is 3. The zero-order chi connectivity index (χ0) is 13.7. The van der Waals surface area contributed by atoms with Crippen LogP contribution in [0.3, 0.4) is 0 Å². The van der Waals surface area contributed by atoms with Crippen LogP contribution in [0.15, 0.2) is 23.0 Å². The Bertz CT molecular complexity index is 854. The quantitative estimate of drug-likeness (QED) is 0.651. The minimum absolute atomic E-state index is 0.184. The Labute approximate surface area is 114 Å². The summed E-state index contributed by atoms with van der Waals surface area (Å²) in [5.74, 6) is 0. The van der Waals surface area contributed by atoms with Crippen molar-refractivity contribution in [3.63, 3.8) is 0 Å². The highest BCUT2D eigenvalue weighted by molar-refractivity contribution is 5.83. The second-order valence-corrected chi connectivity index (χ2v) is 5.14. The largest absolute Gasteiger partial charge is 0.325 e. The van der Waals surface area contributed by atoms with Gasteiger partial charge in [0.15, 0.2) is 0 Å². The van der Waals surface area contributed by atoms with Gasteiger partial charge < -0.3 is 15.7 Å². The number of aryl methyl sites for hydroxylation is 1. The summed E-state index contributed by atoms with van der Waals surface area (Å²) in [4.78, 5) is 16.9. The van der Waals surface area contributed by atoms with E-state index in [1.54, 1.807) is 0 Å². The van der Waals surface area contributed by atoms with Crippen molar-refractivity contribution in [3.8, 4) is 11.1 Å². The molecule has 0 saturated heterocycles. The van der Waals surface area contributed by atoms with Crippen molar-refractivity contribution >= 4 is 11.0 Å². The van der Waals surface area contributed by atoms with Gasteiger partial charge in [0.2, 0.25) is 0 Å². The molecule has 1 aliphatic heterocycles. The molecule has 4 rings (SSSR count). The van der Waals surface area contributed by atoms with Crippen LogP contribution >= 0.6 is 0 Å². The second-order valence-electron chi connectivity index (χ2n) is 5.14. The first-order valence-electron chi connectivity index (χ1n) is 6.77. The van der Waals surface area contributed by atoms with Crippen LogP contribution in [0.2, 0.25) is 0 Å². The molecule has 3 heterocycles. The molecule has 3 aromatic rings. The lowest BCUT2D eigenvalue weighted by atomic mass is 10.0. The van der Waals surface area contributed by atoms with Gasteiger partial charge in [-0.15, -0.1) is 0 Å². The molecule has 0 aliphatic carbocycles. The topological polar surface area (TPSA) is 92.5 Å². The summed E-state index contributed by atoms with van der Waals surface area (Å²) < 4.78 is 2.06. The van der Waals surface area contributed by atoms with E-state index in [1.165, 1.54) is 5.69 Å². The molecule has 2 aromatic heterocycles. The third-order valence-electron chi connectivity index (χ3n) is 3.91. The molecule has 0 unspecified atom stereocenters. The molecule has 0 radical (unpaired) electrons. The van der Waals surface area contributed by atoms with Gasteiger partial charge in [0, 0.05) is 24.3 Å². The first kappa shape index (κ1) is 11.5. The van der Waals surface area contributed by atoms with Gasteiger partial charge in [0.05, 0.1) is 16.7 Å².